The summed E-state index contributed by atoms with van der Waals surface area (Å²) in [6.07, 6.45) is 0.179. The van der Waals surface area contributed by atoms with Crippen molar-refractivity contribution in [3.63, 3.8) is 0 Å². The highest BCUT2D eigenvalue weighted by Crippen LogP contribution is 2.00. The predicted molar refractivity (Wildman–Crippen MR) is 30.1 cm³/mol. The molecule has 0 saturated heterocycles. The molecular formula is C4H7N3O2. The van der Waals surface area contributed by atoms with Gasteiger partial charge < -0.3 is 5.11 Å². The number of nitrogens with two attached hydrogens (primary N) is 1. The van der Waals surface area contributed by atoms with Gasteiger partial charge >= 0.3 is 0 Å². The van der Waals surface area contributed by atoms with Crippen LogP contribution in [0, 0.1) is 0 Å². The Bertz CT molecular complexity index is 156. The summed E-state index contributed by atoms with van der Waals surface area (Å²) < 4.78 is 0. The van der Waals surface area contributed by atoms with Crippen LogP contribution in [0.15, 0.2) is 4.99 Å². The molecule has 0 aromatic carbocycles. The summed E-state index contributed by atoms with van der Waals surface area (Å²) in [5, 5.41) is 9.82. The van der Waals surface area contributed by atoms with Crippen LogP contribution in [-0.2, 0) is 4.79 Å². The molecule has 1 aliphatic heterocycles. The second-order valence-corrected chi connectivity index (χ2v) is 1.77. The lowest BCUT2D eigenvalue weighted by Crippen LogP contribution is -2.43. The lowest BCUT2D eigenvalue weighted by molar-refractivity contribution is -0.122. The molecule has 0 radical (unpaired) electrons. The number of hydrazine groups is 1. The molecule has 1 atom stereocenters. The zero-order valence-electron chi connectivity index (χ0n) is 4.69. The van der Waals surface area contributed by atoms with E-state index in [9.17, 15) is 4.79 Å². The van der Waals surface area contributed by atoms with Gasteiger partial charge in [-0.15, -0.1) is 0 Å². The van der Waals surface area contributed by atoms with Crippen LogP contribution in [0.4, 0.5) is 0 Å². The molecule has 0 bridgehead atoms. The van der Waals surface area contributed by atoms with Crippen molar-refractivity contribution in [3.8, 4) is 0 Å². The van der Waals surface area contributed by atoms with Crippen LogP contribution in [0.5, 0.6) is 0 Å². The van der Waals surface area contributed by atoms with Gasteiger partial charge in [0.05, 0.1) is 6.42 Å². The minimum atomic E-state index is -0.907. The van der Waals surface area contributed by atoms with Gasteiger partial charge in [0.15, 0.2) is 6.23 Å². The Morgan fingerprint density at radius 3 is 3.11 bits per heavy atom. The van der Waals surface area contributed by atoms with E-state index in [1.54, 1.807) is 0 Å². The van der Waals surface area contributed by atoms with E-state index in [1.807, 2.05) is 0 Å². The lowest BCUT2D eigenvalue weighted by atomic mass is 10.3. The first-order chi connectivity index (χ1) is 4.20. The van der Waals surface area contributed by atoms with Crippen LogP contribution in [0.2, 0.25) is 0 Å². The maximum atomic E-state index is 10.4. The monoisotopic (exact) mass is 129 g/mol. The van der Waals surface area contributed by atoms with Crippen molar-refractivity contribution in [1.82, 2.24) is 5.01 Å². The number of amides is 1. The second kappa shape index (κ2) is 2.12. The highest BCUT2D eigenvalue weighted by atomic mass is 16.3. The van der Waals surface area contributed by atoms with Crippen molar-refractivity contribution in [2.45, 2.75) is 12.6 Å². The summed E-state index contributed by atoms with van der Waals surface area (Å²) in [5.74, 6) is 4.78. The van der Waals surface area contributed by atoms with E-state index < -0.39 is 6.23 Å². The number of nitrogens with zero attached hydrogens (tertiary/aromatic N) is 2. The summed E-state index contributed by atoms with van der Waals surface area (Å²) in [6, 6.07) is 0. The van der Waals surface area contributed by atoms with E-state index >= 15 is 0 Å². The molecule has 1 aliphatic rings. The van der Waals surface area contributed by atoms with Gasteiger partial charge in [-0.3, -0.25) is 9.80 Å². The molecule has 1 heterocycles. The minimum absolute atomic E-state index is 0.0208. The zero-order valence-corrected chi connectivity index (χ0v) is 4.69. The van der Waals surface area contributed by atoms with E-state index in [4.69, 9.17) is 10.9 Å². The number of carbonyl (C=O) groups excluding carboxylic acids is 1. The summed E-state index contributed by atoms with van der Waals surface area (Å²) in [6.45, 7) is 0. The van der Waals surface area contributed by atoms with Crippen molar-refractivity contribution >= 4 is 12.2 Å². The number of rotatable bonds is 0. The fraction of sp³-hybridized carbons (Fsp3) is 0.500. The molecule has 1 amide bonds. The Balaban J connectivity index is 2.65. The van der Waals surface area contributed by atoms with Crippen LogP contribution in [0.25, 0.3) is 0 Å². The fourth-order valence-electron chi connectivity index (χ4n) is 0.522. The topological polar surface area (TPSA) is 78.9 Å². The van der Waals surface area contributed by atoms with E-state index in [0.29, 0.717) is 0 Å². The third-order valence-electron chi connectivity index (χ3n) is 1.04. The molecule has 50 valence electrons. The van der Waals surface area contributed by atoms with Gasteiger partial charge in [0.2, 0.25) is 0 Å². The van der Waals surface area contributed by atoms with Crippen molar-refractivity contribution < 1.29 is 9.90 Å². The summed E-state index contributed by atoms with van der Waals surface area (Å²) in [4.78, 5) is 13.7. The van der Waals surface area contributed by atoms with Crippen LogP contribution in [0.1, 0.15) is 6.42 Å². The molecule has 9 heavy (non-hydrogen) atoms. The summed E-state index contributed by atoms with van der Waals surface area (Å²) >= 11 is 0. The van der Waals surface area contributed by atoms with E-state index in [2.05, 4.69) is 4.99 Å². The van der Waals surface area contributed by atoms with Crippen LogP contribution >= 0.6 is 0 Å². The van der Waals surface area contributed by atoms with Crippen molar-refractivity contribution in [2.24, 2.45) is 10.8 Å². The molecule has 0 fully saturated rings. The van der Waals surface area contributed by atoms with E-state index in [-0.39, 0.29) is 12.3 Å². The third-order valence-corrected chi connectivity index (χ3v) is 1.04. The Kier molecular flexibility index (Phi) is 1.46. The first-order valence-electron chi connectivity index (χ1n) is 2.48. The Hall–Kier alpha value is -0.940. The SMILES string of the molecule is NN1C=NC(=O)CC1O. The Morgan fingerprint density at radius 1 is 2.00 bits per heavy atom. The first-order valence-corrected chi connectivity index (χ1v) is 2.48. The van der Waals surface area contributed by atoms with Gasteiger partial charge in [-0.25, -0.2) is 10.8 Å². The first kappa shape index (κ1) is 6.18. The number of aliphatic hydroxyl groups excluding tert-OH is 1. The zero-order chi connectivity index (χ0) is 6.85. The molecule has 3 N–H and O–H groups in total. The van der Waals surface area contributed by atoms with Gasteiger partial charge in [-0.05, 0) is 0 Å². The van der Waals surface area contributed by atoms with Crippen LogP contribution in [0.3, 0.4) is 0 Å². The lowest BCUT2D eigenvalue weighted by Gasteiger charge is -2.21. The minimum Gasteiger partial charge on any atom is -0.372 e. The number of aliphatic hydroxyl groups is 1. The summed E-state index contributed by atoms with van der Waals surface area (Å²) in [5.41, 5.74) is 0. The second-order valence-electron chi connectivity index (χ2n) is 1.77. The van der Waals surface area contributed by atoms with Crippen molar-refractivity contribution in [2.75, 3.05) is 0 Å². The van der Waals surface area contributed by atoms with Crippen LogP contribution < -0.4 is 5.84 Å². The highest BCUT2D eigenvalue weighted by Gasteiger charge is 2.17. The normalized spacial score (nSPS) is 27.1. The number of hydrogen-bond acceptors (Lipinski definition) is 4. The quantitative estimate of drug-likeness (QED) is 0.388. The average Bonchev–Trinajstić information content (AvgIpc) is 1.80. The van der Waals surface area contributed by atoms with Crippen LogP contribution in [-0.4, -0.2) is 28.6 Å². The molecular weight excluding hydrogens is 122 g/mol. The average molecular weight is 129 g/mol. The Labute approximate surface area is 51.7 Å². The number of aliphatic imine (C=N–C) groups is 1. The maximum Gasteiger partial charge on any atom is 0.251 e. The van der Waals surface area contributed by atoms with Crippen molar-refractivity contribution in [1.29, 1.82) is 0 Å². The smallest absolute Gasteiger partial charge is 0.251 e. The molecule has 0 aromatic rings. The van der Waals surface area contributed by atoms with Gasteiger partial charge in [0.25, 0.3) is 5.91 Å². The number of carbonyl (C=O) groups is 1. The highest BCUT2D eigenvalue weighted by molar-refractivity contribution is 5.86. The van der Waals surface area contributed by atoms with Gasteiger partial charge in [0.1, 0.15) is 6.34 Å². The maximum absolute atomic E-state index is 10.4. The van der Waals surface area contributed by atoms with Gasteiger partial charge in [-0.1, -0.05) is 0 Å². The summed E-state index contributed by atoms with van der Waals surface area (Å²) in [7, 11) is 0. The molecule has 5 heteroatoms. The predicted octanol–water partition coefficient (Wildman–Crippen LogP) is -1.56. The molecule has 5 nitrogen and oxygen atoms in total. The molecule has 0 saturated carbocycles. The Morgan fingerprint density at radius 2 is 2.67 bits per heavy atom. The molecule has 1 unspecified atom stereocenters. The van der Waals surface area contributed by atoms with E-state index in [0.717, 1.165) is 11.3 Å². The van der Waals surface area contributed by atoms with E-state index in [1.165, 1.54) is 0 Å². The molecule has 0 spiro atoms. The van der Waals surface area contributed by atoms with Gasteiger partial charge in [-0.2, -0.15) is 0 Å². The molecule has 1 rings (SSSR count). The number of hydrogen-bond donors (Lipinski definition) is 2. The van der Waals surface area contributed by atoms with Gasteiger partial charge in [0, 0.05) is 0 Å². The largest absolute Gasteiger partial charge is 0.372 e. The molecule has 0 aliphatic carbocycles. The standard InChI is InChI=1S/C4H7N3O2/c5-7-2-6-3(8)1-4(7)9/h2,4,9H,1,5H2. The van der Waals surface area contributed by atoms with Crippen molar-refractivity contribution in [3.05, 3.63) is 0 Å². The molecule has 0 aromatic heterocycles. The third kappa shape index (κ3) is 1.24. The fourth-order valence-corrected chi connectivity index (χ4v) is 0.522.